The van der Waals surface area contributed by atoms with Crippen molar-refractivity contribution in [2.45, 2.75) is 39.3 Å². The van der Waals surface area contributed by atoms with Crippen molar-refractivity contribution in [3.05, 3.63) is 35.9 Å². The summed E-state index contributed by atoms with van der Waals surface area (Å²) in [6.45, 7) is 11.2. The Morgan fingerprint density at radius 1 is 1.47 bits per heavy atom. The van der Waals surface area contributed by atoms with Crippen molar-refractivity contribution >= 4 is 17.9 Å². The van der Waals surface area contributed by atoms with Crippen LogP contribution in [-0.2, 0) is 4.74 Å². The molecular formula is C15H22N2O2. The van der Waals surface area contributed by atoms with Crippen LogP contribution in [0.15, 0.2) is 24.8 Å². The van der Waals surface area contributed by atoms with Crippen molar-refractivity contribution in [3.63, 3.8) is 0 Å². The molecule has 1 atom stereocenters. The van der Waals surface area contributed by atoms with Crippen molar-refractivity contribution in [2.24, 2.45) is 0 Å². The molecule has 1 amide bonds. The molecular weight excluding hydrogens is 240 g/mol. The highest BCUT2D eigenvalue weighted by atomic mass is 16.6. The maximum absolute atomic E-state index is 11.7. The van der Waals surface area contributed by atoms with Gasteiger partial charge >= 0.3 is 6.09 Å². The number of ether oxygens (including phenoxy) is 1. The standard InChI is InChI=1S/C15H22N2O2/c1-6-11-9-12(7-8-13(11)16)10(2)19-14(18)17-15(3,4)5/h6-10H,1,16H2,2-5H3,(H,17,18). The van der Waals surface area contributed by atoms with Crippen LogP contribution in [0.1, 0.15) is 44.9 Å². The maximum Gasteiger partial charge on any atom is 0.408 e. The van der Waals surface area contributed by atoms with Gasteiger partial charge in [0.05, 0.1) is 0 Å². The summed E-state index contributed by atoms with van der Waals surface area (Å²) in [6.07, 6.45) is 0.902. The summed E-state index contributed by atoms with van der Waals surface area (Å²) in [4.78, 5) is 11.7. The average Bonchev–Trinajstić information content (AvgIpc) is 2.26. The molecule has 0 fully saturated rings. The van der Waals surface area contributed by atoms with Gasteiger partial charge in [-0.15, -0.1) is 0 Å². The molecule has 1 aromatic rings. The SMILES string of the molecule is C=Cc1cc(C(C)OC(=O)NC(C)(C)C)ccc1N. The van der Waals surface area contributed by atoms with Crippen LogP contribution in [0.5, 0.6) is 0 Å². The molecule has 0 saturated heterocycles. The molecule has 104 valence electrons. The monoisotopic (exact) mass is 262 g/mol. The summed E-state index contributed by atoms with van der Waals surface area (Å²) in [5.74, 6) is 0. The largest absolute Gasteiger partial charge is 0.442 e. The van der Waals surface area contributed by atoms with Crippen LogP contribution < -0.4 is 11.1 Å². The van der Waals surface area contributed by atoms with Gasteiger partial charge in [0.1, 0.15) is 6.10 Å². The first-order valence-corrected chi connectivity index (χ1v) is 6.23. The summed E-state index contributed by atoms with van der Waals surface area (Å²) < 4.78 is 5.33. The molecule has 4 heteroatoms. The molecule has 1 unspecified atom stereocenters. The Morgan fingerprint density at radius 2 is 2.11 bits per heavy atom. The fourth-order valence-corrected chi connectivity index (χ4v) is 1.59. The number of nitrogens with two attached hydrogens (primary N) is 1. The Bertz CT molecular complexity index is 476. The van der Waals surface area contributed by atoms with Gasteiger partial charge in [-0.05, 0) is 51.0 Å². The van der Waals surface area contributed by atoms with Crippen molar-refractivity contribution in [3.8, 4) is 0 Å². The van der Waals surface area contributed by atoms with E-state index < -0.39 is 6.09 Å². The van der Waals surface area contributed by atoms with E-state index in [1.165, 1.54) is 0 Å². The van der Waals surface area contributed by atoms with Crippen LogP contribution in [0.4, 0.5) is 10.5 Å². The molecule has 0 aliphatic rings. The molecule has 0 heterocycles. The number of anilines is 1. The molecule has 0 saturated carbocycles. The molecule has 0 spiro atoms. The minimum atomic E-state index is -0.433. The molecule has 0 bridgehead atoms. The Hall–Kier alpha value is -1.97. The summed E-state index contributed by atoms with van der Waals surface area (Å²) in [6, 6.07) is 5.50. The van der Waals surface area contributed by atoms with Crippen LogP contribution in [-0.4, -0.2) is 11.6 Å². The lowest BCUT2D eigenvalue weighted by atomic mass is 10.1. The smallest absolute Gasteiger partial charge is 0.408 e. The lowest BCUT2D eigenvalue weighted by molar-refractivity contribution is 0.100. The van der Waals surface area contributed by atoms with E-state index in [9.17, 15) is 4.79 Å². The van der Waals surface area contributed by atoms with E-state index in [1.807, 2.05) is 39.8 Å². The van der Waals surface area contributed by atoms with E-state index in [-0.39, 0.29) is 11.6 Å². The number of carbonyl (C=O) groups is 1. The Labute approximate surface area is 114 Å². The van der Waals surface area contributed by atoms with E-state index in [0.29, 0.717) is 5.69 Å². The second kappa shape index (κ2) is 5.78. The van der Waals surface area contributed by atoms with E-state index >= 15 is 0 Å². The zero-order valence-corrected chi connectivity index (χ0v) is 12.0. The third kappa shape index (κ3) is 4.66. The number of nitrogens with one attached hydrogen (secondary N) is 1. The number of alkyl carbamates (subject to hydrolysis) is 1. The van der Waals surface area contributed by atoms with Gasteiger partial charge in [0.15, 0.2) is 0 Å². The first kappa shape index (κ1) is 15.1. The molecule has 4 nitrogen and oxygen atoms in total. The van der Waals surface area contributed by atoms with Crippen molar-refractivity contribution in [1.82, 2.24) is 5.32 Å². The maximum atomic E-state index is 11.7. The normalized spacial score (nSPS) is 12.6. The predicted molar refractivity (Wildman–Crippen MR) is 78.7 cm³/mol. The third-order valence-electron chi connectivity index (χ3n) is 2.56. The van der Waals surface area contributed by atoms with Gasteiger partial charge < -0.3 is 15.8 Å². The van der Waals surface area contributed by atoms with E-state index in [1.54, 1.807) is 12.1 Å². The van der Waals surface area contributed by atoms with Crippen LogP contribution >= 0.6 is 0 Å². The Kier molecular flexibility index (Phi) is 4.59. The lowest BCUT2D eigenvalue weighted by Gasteiger charge is -2.22. The highest BCUT2D eigenvalue weighted by Gasteiger charge is 2.18. The molecule has 3 N–H and O–H groups in total. The van der Waals surface area contributed by atoms with E-state index in [4.69, 9.17) is 10.5 Å². The van der Waals surface area contributed by atoms with Crippen molar-refractivity contribution < 1.29 is 9.53 Å². The number of hydrogen-bond donors (Lipinski definition) is 2. The third-order valence-corrected chi connectivity index (χ3v) is 2.56. The first-order valence-electron chi connectivity index (χ1n) is 6.23. The minimum absolute atomic E-state index is 0.315. The Balaban J connectivity index is 2.76. The average molecular weight is 262 g/mol. The summed E-state index contributed by atoms with van der Waals surface area (Å²) in [5, 5.41) is 2.75. The first-order chi connectivity index (χ1) is 8.73. The van der Waals surface area contributed by atoms with Gasteiger partial charge in [-0.2, -0.15) is 0 Å². The van der Waals surface area contributed by atoms with Crippen LogP contribution in [0.25, 0.3) is 6.08 Å². The Morgan fingerprint density at radius 3 is 2.63 bits per heavy atom. The number of amides is 1. The number of nitrogen functional groups attached to an aromatic ring is 1. The lowest BCUT2D eigenvalue weighted by Crippen LogP contribution is -2.41. The summed E-state index contributed by atoms with van der Waals surface area (Å²) in [7, 11) is 0. The number of hydrogen-bond acceptors (Lipinski definition) is 3. The predicted octanol–water partition coefficient (Wildman–Crippen LogP) is 3.50. The molecule has 0 aliphatic heterocycles. The fourth-order valence-electron chi connectivity index (χ4n) is 1.59. The molecule has 1 aromatic carbocycles. The number of rotatable bonds is 3. The molecule has 0 aliphatic carbocycles. The molecule has 19 heavy (non-hydrogen) atoms. The summed E-state index contributed by atoms with van der Waals surface area (Å²) >= 11 is 0. The van der Waals surface area contributed by atoms with Gasteiger partial charge in [-0.3, -0.25) is 0 Å². The van der Waals surface area contributed by atoms with E-state index in [2.05, 4.69) is 11.9 Å². The number of carbonyl (C=O) groups excluding carboxylic acids is 1. The highest BCUT2D eigenvalue weighted by Crippen LogP contribution is 2.22. The quantitative estimate of drug-likeness (QED) is 0.819. The van der Waals surface area contributed by atoms with Gasteiger partial charge in [-0.1, -0.05) is 18.7 Å². The van der Waals surface area contributed by atoms with Crippen LogP contribution in [0.2, 0.25) is 0 Å². The fraction of sp³-hybridized carbons (Fsp3) is 0.400. The highest BCUT2D eigenvalue weighted by molar-refractivity contribution is 5.69. The minimum Gasteiger partial charge on any atom is -0.442 e. The zero-order chi connectivity index (χ0) is 14.6. The van der Waals surface area contributed by atoms with Crippen LogP contribution in [0, 0.1) is 0 Å². The van der Waals surface area contributed by atoms with Gasteiger partial charge in [-0.25, -0.2) is 4.79 Å². The van der Waals surface area contributed by atoms with Gasteiger partial charge in [0, 0.05) is 11.2 Å². The van der Waals surface area contributed by atoms with E-state index in [0.717, 1.165) is 11.1 Å². The van der Waals surface area contributed by atoms with Crippen LogP contribution in [0.3, 0.4) is 0 Å². The van der Waals surface area contributed by atoms with Gasteiger partial charge in [0.2, 0.25) is 0 Å². The summed E-state index contributed by atoms with van der Waals surface area (Å²) in [5.41, 5.74) is 7.86. The number of benzene rings is 1. The second-order valence-electron chi connectivity index (χ2n) is 5.52. The van der Waals surface area contributed by atoms with Crippen molar-refractivity contribution in [1.29, 1.82) is 0 Å². The van der Waals surface area contributed by atoms with Crippen molar-refractivity contribution in [2.75, 3.05) is 5.73 Å². The topological polar surface area (TPSA) is 64.3 Å². The second-order valence-corrected chi connectivity index (χ2v) is 5.52. The van der Waals surface area contributed by atoms with Gasteiger partial charge in [0.25, 0.3) is 0 Å². The zero-order valence-electron chi connectivity index (χ0n) is 12.0. The molecule has 1 rings (SSSR count). The molecule has 0 radical (unpaired) electrons. The molecule has 0 aromatic heterocycles.